The fraction of sp³-hybridized carbons (Fsp3) is 0.647. The van der Waals surface area contributed by atoms with Crippen LogP contribution in [0.25, 0.3) is 0 Å². The molecule has 6 aliphatic rings. The van der Waals surface area contributed by atoms with Crippen LogP contribution in [0.4, 0.5) is 0 Å². The largest absolute Gasteiger partial charge is 0.497 e. The van der Waals surface area contributed by atoms with Gasteiger partial charge in [0.1, 0.15) is 34.5 Å². The Bertz CT molecular complexity index is 6280. The van der Waals surface area contributed by atoms with Crippen molar-refractivity contribution in [3.05, 3.63) is 178 Å². The van der Waals surface area contributed by atoms with Crippen LogP contribution in [-0.2, 0) is 0 Å². The van der Waals surface area contributed by atoms with Gasteiger partial charge < -0.3 is 88.5 Å². The topological polar surface area (TPSA) is 196 Å². The number of likely N-dealkylation sites (N-methyl/N-ethyl adjacent to an activating group) is 6. The Morgan fingerprint density at radius 1 is 0.258 bits per heavy atom. The fourth-order valence-electron chi connectivity index (χ4n) is 15.8. The number of methoxy groups -OCH3 is 6. The summed E-state index contributed by atoms with van der Waals surface area (Å²) in [5.41, 5.74) is -12.9. The summed E-state index contributed by atoms with van der Waals surface area (Å²) >= 11 is 0. The third kappa shape index (κ3) is 31.1. The third-order valence-corrected chi connectivity index (χ3v) is 22.1. The van der Waals surface area contributed by atoms with Gasteiger partial charge in [0.15, 0.2) is 0 Å². The molecule has 6 saturated carbocycles. The quantitative estimate of drug-likeness (QED) is 0.0249. The van der Waals surface area contributed by atoms with Gasteiger partial charge in [0.25, 0.3) is 0 Å². The van der Waals surface area contributed by atoms with Crippen LogP contribution in [0.5, 0.6) is 34.5 Å². The van der Waals surface area contributed by atoms with Crippen molar-refractivity contribution in [3.63, 3.8) is 0 Å². The second-order valence-corrected chi connectivity index (χ2v) is 31.7. The number of hydrogen-bond donors (Lipinski definition) is 6. The molecule has 0 saturated heterocycles. The lowest BCUT2D eigenvalue weighted by atomic mass is 9.72. The average molecular weight is 1720 g/mol. The van der Waals surface area contributed by atoms with Crippen molar-refractivity contribution in [3.8, 4) is 34.5 Å². The smallest absolute Gasteiger partial charge is 0.118 e. The Labute approximate surface area is 799 Å². The minimum Gasteiger partial charge on any atom is -0.497 e. The molecule has 0 radical (unpaired) electrons. The van der Waals surface area contributed by atoms with E-state index in [2.05, 4.69) is 0 Å². The first-order chi connectivity index (χ1) is 78.4. The molecule has 18 heteroatoms. The van der Waals surface area contributed by atoms with E-state index in [4.69, 9.17) is 95.6 Å². The number of benzene rings is 6. The molecular formula is C102H162N6O12. The van der Waals surface area contributed by atoms with Gasteiger partial charge in [-0.15, -0.1) is 0 Å². The first kappa shape index (κ1) is 48.9. The molecule has 6 aliphatic carbocycles. The Kier molecular flexibility index (Phi) is 20.4. The van der Waals surface area contributed by atoms with E-state index in [1.54, 1.807) is 19.0 Å². The van der Waals surface area contributed by atoms with Crippen molar-refractivity contribution in [1.29, 1.82) is 0 Å². The van der Waals surface area contributed by atoms with Gasteiger partial charge in [-0.3, -0.25) is 0 Å². The number of aliphatic hydroxyl groups is 6. The van der Waals surface area contributed by atoms with Crippen molar-refractivity contribution in [2.24, 2.45) is 0 Å². The van der Waals surface area contributed by atoms with Crippen LogP contribution in [0.1, 0.15) is 333 Å². The van der Waals surface area contributed by atoms with E-state index in [-0.39, 0.29) is 150 Å². The highest BCUT2D eigenvalue weighted by Gasteiger charge is 2.45. The van der Waals surface area contributed by atoms with Crippen LogP contribution in [0.15, 0.2) is 145 Å². The SMILES string of the molecule is [2H]c1c([2H])c(C(C2(O)CCCCC2)C([2H])([2H])N(C([2H])([2H])[2H])C([2H])([2H])[2H])c([2H])c([2H])c1OC.[2H]c1c([2H])c(C(C2(O)CCCCC2)C([2H])([2H])N(C)C([2H])([2H])[2H])c([2H])c([2H])c1OC.[2H]c1c([2H])c(C([2H])(C2(O)CCCCC2)C([2H])([2H])N(C)C)c([2H])c([2H])c1OC.[2H]c1c([2H])c(C([2H])(CN(C([2H])([2H])[2H])C([2H])([2H])[2H])C2(O)CCCCC2)c([2H])c([2H])c1OC.[2H]c1c([2H])c(C([2H])(CN(C)C([2H])([2H])[2H])C2(O)CCCCC2)c([2H])c([2H])c1OC.[2H]c1c([2H])c(C([2H])(CN(C)C)C2(O)CCCCC2)c([2H])c([2H])c1OC. The minimum atomic E-state index is -3.46. The molecule has 672 valence electrons. The van der Waals surface area contributed by atoms with E-state index in [9.17, 15) is 34.8 Å². The summed E-state index contributed by atoms with van der Waals surface area (Å²) in [4.78, 5) is 4.14. The zero-order chi connectivity index (χ0) is 132. The summed E-state index contributed by atoms with van der Waals surface area (Å²) in [6, 6.07) is -12.6. The van der Waals surface area contributed by atoms with Gasteiger partial charge in [-0.05, 0) is 267 Å². The van der Waals surface area contributed by atoms with Crippen molar-refractivity contribution >= 4 is 0 Å². The van der Waals surface area contributed by atoms with Gasteiger partial charge in [-0.25, -0.2) is 0 Å². The number of rotatable bonds is 30. The molecule has 0 aromatic heterocycles. The normalized spacial score (nSPS) is 28.1. The maximum absolute atomic E-state index is 11.5. The first-order valence-corrected chi connectivity index (χ1v) is 40.9. The molecule has 0 heterocycles. The summed E-state index contributed by atoms with van der Waals surface area (Å²) in [6.07, 6.45) is 13.9. The highest BCUT2D eigenvalue weighted by Crippen LogP contribution is 2.47. The van der Waals surface area contributed by atoms with E-state index in [1.165, 1.54) is 49.6 Å². The van der Waals surface area contributed by atoms with Crippen LogP contribution in [0, 0.1) is 0 Å². The third-order valence-electron chi connectivity index (χ3n) is 22.1. The van der Waals surface area contributed by atoms with E-state index < -0.39 is 287 Å². The Morgan fingerprint density at radius 3 is 0.683 bits per heavy atom. The fourth-order valence-corrected chi connectivity index (χ4v) is 15.8. The van der Waals surface area contributed by atoms with Crippen LogP contribution in [0.2, 0.25) is 0 Å². The summed E-state index contributed by atoms with van der Waals surface area (Å²) in [6.45, 7) is -28.5. The molecule has 0 spiro atoms. The van der Waals surface area contributed by atoms with Crippen molar-refractivity contribution < 1.29 is 130 Å². The lowest BCUT2D eigenvalue weighted by Gasteiger charge is -2.40. The van der Waals surface area contributed by atoms with Gasteiger partial charge in [-0.2, -0.15) is 0 Å². The molecule has 0 amide bonds. The monoisotopic (exact) mass is 1720 g/mol. The van der Waals surface area contributed by atoms with E-state index >= 15 is 0 Å². The Morgan fingerprint density at radius 2 is 0.458 bits per heavy atom. The lowest BCUT2D eigenvalue weighted by molar-refractivity contribution is -0.0280. The molecule has 6 aromatic carbocycles. The van der Waals surface area contributed by atoms with Crippen LogP contribution in [-0.4, -0.2) is 260 Å². The highest BCUT2D eigenvalue weighted by molar-refractivity contribution is 5.37. The molecule has 18 nitrogen and oxygen atoms in total. The number of ether oxygens (including phenoxy) is 6. The van der Waals surface area contributed by atoms with Gasteiger partial charge in [0.05, 0.1) is 109 Å². The molecule has 12 rings (SSSR count). The number of hydrogen-bond acceptors (Lipinski definition) is 18. The Balaban J connectivity index is 0.000000277. The molecule has 6 atom stereocenters. The van der Waals surface area contributed by atoms with Crippen molar-refractivity contribution in [2.75, 3.05) is 166 Å². The maximum Gasteiger partial charge on any atom is 0.118 e. The van der Waals surface area contributed by atoms with Crippen molar-refractivity contribution in [1.82, 2.24) is 29.4 Å². The predicted molar refractivity (Wildman–Crippen MR) is 494 cm³/mol. The van der Waals surface area contributed by atoms with E-state index in [1.807, 2.05) is 0 Å². The second kappa shape index (κ2) is 50.0. The van der Waals surface area contributed by atoms with E-state index in [0.717, 1.165) is 76.0 Å². The van der Waals surface area contributed by atoms with Gasteiger partial charge in [0, 0.05) is 113 Å². The van der Waals surface area contributed by atoms with Crippen LogP contribution < -0.4 is 28.4 Å². The van der Waals surface area contributed by atoms with Gasteiger partial charge in [-0.1, -0.05) is 188 Å². The number of nitrogens with zero attached hydrogens (tertiary/aromatic N) is 6. The lowest BCUT2D eigenvalue weighted by Crippen LogP contribution is -2.42. The summed E-state index contributed by atoms with van der Waals surface area (Å²) in [5.74, 6) is -14.0. The molecule has 0 bridgehead atoms. The average Bonchev–Trinajstić information content (AvgIpc) is 0.697. The zero-order valence-corrected chi connectivity index (χ0v) is 71.8. The minimum absolute atomic E-state index is 0.0257. The molecule has 6 fully saturated rings. The maximum atomic E-state index is 11.5. The van der Waals surface area contributed by atoms with Gasteiger partial charge >= 0.3 is 0 Å². The van der Waals surface area contributed by atoms with Crippen LogP contribution in [0.3, 0.4) is 0 Å². The summed E-state index contributed by atoms with van der Waals surface area (Å²) < 4.78 is 454. The zero-order valence-electron chi connectivity index (χ0n) is 124. The molecule has 6 unspecified atom stereocenters. The first-order valence-electron chi connectivity index (χ1n) is 66.9. The van der Waals surface area contributed by atoms with Crippen LogP contribution >= 0.6 is 0 Å². The standard InChI is InChI=1S/6C17H27NO2/c6*1-18(2)13-16(17(19)11-5-4-6-12-17)14-7-9-15(20-3)10-8-14/h6*7-10,16,19H,4-6,11-13H2,1-3H3/i1D3,2D3,7D,8D,9D,10D,16D;1D3,2D3,7D,8D,9D,10D,13D2;7D,8D,9D,10D,13D2,16D;1D3,7D,8D,9D,10D,16D;1D3,7D,8D,9D,10D,13D2;7D,8D,9D,10D,16D. The second-order valence-electron chi connectivity index (χ2n) is 31.7. The molecular weight excluding hydrogens is 1500 g/mol. The van der Waals surface area contributed by atoms with Crippen molar-refractivity contribution in [2.45, 2.75) is 262 Å². The summed E-state index contributed by atoms with van der Waals surface area (Å²) in [5, 5.41) is 68.5. The van der Waals surface area contributed by atoms with Gasteiger partial charge in [0.2, 0.25) is 0 Å². The molecule has 0 aliphatic heterocycles. The molecule has 6 aromatic rings. The Hall–Kier alpha value is -6.36. The molecule has 6 N–H and O–H groups in total. The summed E-state index contributed by atoms with van der Waals surface area (Å²) in [7, 11) is 16.0. The van der Waals surface area contributed by atoms with E-state index in [0.29, 0.717) is 88.4 Å². The highest BCUT2D eigenvalue weighted by atomic mass is 16.5. The predicted octanol–water partition coefficient (Wildman–Crippen LogP) is 18.2. The molecule has 120 heavy (non-hydrogen) atoms.